The Labute approximate surface area is 171 Å². The van der Waals surface area contributed by atoms with Gasteiger partial charge in [-0.1, -0.05) is 12.2 Å². The molecule has 3 rings (SSSR count). The van der Waals surface area contributed by atoms with Crippen molar-refractivity contribution < 1.29 is 23.3 Å². The van der Waals surface area contributed by atoms with Crippen LogP contribution in [0.25, 0.3) is 0 Å². The van der Waals surface area contributed by atoms with Gasteiger partial charge in [0.1, 0.15) is 22.6 Å². The predicted octanol–water partition coefficient (Wildman–Crippen LogP) is 3.23. The molecule has 1 amide bonds. The van der Waals surface area contributed by atoms with Crippen molar-refractivity contribution in [1.29, 1.82) is 0 Å². The monoisotopic (exact) mass is 422 g/mol. The number of benzene rings is 1. The Morgan fingerprint density at radius 1 is 1.45 bits per heavy atom. The molecule has 1 atom stereocenters. The molecule has 1 aliphatic rings. The van der Waals surface area contributed by atoms with Crippen LogP contribution in [0.15, 0.2) is 34.7 Å². The van der Waals surface area contributed by atoms with Crippen molar-refractivity contribution in [2.75, 3.05) is 29.9 Å². The van der Waals surface area contributed by atoms with Crippen molar-refractivity contribution in [2.24, 2.45) is 0 Å². The van der Waals surface area contributed by atoms with E-state index >= 15 is 0 Å². The molecule has 2 aromatic rings. The highest BCUT2D eigenvalue weighted by molar-refractivity contribution is 7.80. The highest BCUT2D eigenvalue weighted by atomic mass is 32.1. The van der Waals surface area contributed by atoms with Crippen molar-refractivity contribution in [3.63, 3.8) is 0 Å². The van der Waals surface area contributed by atoms with Crippen molar-refractivity contribution in [2.45, 2.75) is 19.6 Å². The Kier molecular flexibility index (Phi) is 5.97. The van der Waals surface area contributed by atoms with Gasteiger partial charge in [0.05, 0.1) is 42.1 Å². The van der Waals surface area contributed by atoms with Gasteiger partial charge in [-0.2, -0.15) is 0 Å². The lowest BCUT2D eigenvalue weighted by atomic mass is 10.2. The number of nitrogens with zero attached hydrogens (tertiary/aromatic N) is 3. The van der Waals surface area contributed by atoms with Crippen molar-refractivity contribution >= 4 is 40.6 Å². The molecule has 1 fully saturated rings. The number of cyclic esters (lactones) is 1. The number of thiocarbonyl (C=S) groups is 1. The molecule has 154 valence electrons. The lowest BCUT2D eigenvalue weighted by Gasteiger charge is -2.20. The summed E-state index contributed by atoms with van der Waals surface area (Å²) in [5.74, 6) is -0.588. The number of amides is 1. The third-order valence-corrected chi connectivity index (χ3v) is 4.47. The minimum Gasteiger partial charge on any atom is -0.442 e. The molecule has 2 heterocycles. The molecule has 1 N–H and O–H groups in total. The Morgan fingerprint density at radius 2 is 2.21 bits per heavy atom. The third kappa shape index (κ3) is 4.80. The quantitative estimate of drug-likeness (QED) is 0.412. The van der Waals surface area contributed by atoms with E-state index in [0.29, 0.717) is 23.0 Å². The number of nitrogens with one attached hydrogen (secondary N) is 1. The topological polar surface area (TPSA) is 101 Å². The number of hydrogen-bond donors (Lipinski definition) is 1. The maximum Gasteiger partial charge on any atom is 0.433 e. The van der Waals surface area contributed by atoms with Crippen LogP contribution in [0.1, 0.15) is 12.7 Å². The molecule has 11 heteroatoms. The molecule has 1 aromatic carbocycles. The first-order chi connectivity index (χ1) is 13.7. The Balaban J connectivity index is 1.68. The number of rotatable bonds is 7. The summed E-state index contributed by atoms with van der Waals surface area (Å²) in [4.78, 5) is 25.7. The standard InChI is InChI=1S/C18H19FN4O5S/c1-11(29)20-8-14-10-22(18(24)28-14)12-3-5-16(15(19)7-12)21(2)9-13-4-6-17(27-13)23(25)26/h3-7,14H,8-10H2,1-2H3,(H,20,29)/t14-/m0/s1. The van der Waals surface area contributed by atoms with E-state index in [0.717, 1.165) is 0 Å². The lowest BCUT2D eigenvalue weighted by Crippen LogP contribution is -2.32. The first-order valence-electron chi connectivity index (χ1n) is 8.71. The summed E-state index contributed by atoms with van der Waals surface area (Å²) in [7, 11) is 1.63. The van der Waals surface area contributed by atoms with E-state index < -0.39 is 16.8 Å². The zero-order valence-corrected chi connectivity index (χ0v) is 16.6. The Hall–Kier alpha value is -3.21. The van der Waals surface area contributed by atoms with Crippen molar-refractivity contribution in [1.82, 2.24) is 5.32 Å². The smallest absolute Gasteiger partial charge is 0.433 e. The lowest BCUT2D eigenvalue weighted by molar-refractivity contribution is -0.402. The number of anilines is 2. The van der Waals surface area contributed by atoms with Crippen LogP contribution in [-0.2, 0) is 11.3 Å². The van der Waals surface area contributed by atoms with Gasteiger partial charge in [0, 0.05) is 7.05 Å². The SMILES string of the molecule is CC(=S)NC[C@H]1CN(c2ccc(N(C)Cc3ccc([N+](=O)[O-])o3)c(F)c2)C(=O)O1. The third-order valence-electron chi connectivity index (χ3n) is 4.33. The molecule has 0 saturated carbocycles. The average molecular weight is 422 g/mol. The second kappa shape index (κ2) is 8.43. The Morgan fingerprint density at radius 3 is 2.83 bits per heavy atom. The van der Waals surface area contributed by atoms with Crippen molar-refractivity contribution in [3.05, 3.63) is 52.0 Å². The van der Waals surface area contributed by atoms with Gasteiger partial charge in [-0.25, -0.2) is 9.18 Å². The summed E-state index contributed by atoms with van der Waals surface area (Å²) in [6.45, 7) is 2.53. The van der Waals surface area contributed by atoms with Gasteiger partial charge >= 0.3 is 12.0 Å². The molecule has 1 saturated heterocycles. The summed E-state index contributed by atoms with van der Waals surface area (Å²) in [6, 6.07) is 7.11. The molecule has 29 heavy (non-hydrogen) atoms. The molecular formula is C18H19FN4O5S. The fourth-order valence-corrected chi connectivity index (χ4v) is 3.02. The van der Waals surface area contributed by atoms with E-state index in [2.05, 4.69) is 5.32 Å². The molecule has 0 bridgehead atoms. The van der Waals surface area contributed by atoms with Gasteiger partial charge in [0.2, 0.25) is 0 Å². The van der Waals surface area contributed by atoms with Gasteiger partial charge in [0.25, 0.3) is 0 Å². The fourth-order valence-electron chi connectivity index (χ4n) is 2.94. The normalized spacial score (nSPS) is 15.9. The maximum atomic E-state index is 14.7. The van der Waals surface area contributed by atoms with Crippen LogP contribution in [0.5, 0.6) is 0 Å². The second-order valence-corrected chi connectivity index (χ2v) is 7.15. The van der Waals surface area contributed by atoms with E-state index in [9.17, 15) is 19.3 Å². The van der Waals surface area contributed by atoms with E-state index in [1.807, 2.05) is 0 Å². The van der Waals surface area contributed by atoms with Crippen LogP contribution in [0, 0.1) is 15.9 Å². The van der Waals surface area contributed by atoms with Gasteiger partial charge < -0.3 is 19.4 Å². The zero-order chi connectivity index (χ0) is 21.1. The predicted molar refractivity (Wildman–Crippen MR) is 108 cm³/mol. The molecule has 0 spiro atoms. The van der Waals surface area contributed by atoms with Crippen molar-refractivity contribution in [3.8, 4) is 0 Å². The molecule has 1 aromatic heterocycles. The molecular weight excluding hydrogens is 403 g/mol. The first-order valence-corrected chi connectivity index (χ1v) is 9.12. The van der Waals surface area contributed by atoms with Crippen LogP contribution in [-0.4, -0.2) is 42.2 Å². The van der Waals surface area contributed by atoms with E-state index in [1.165, 1.54) is 29.2 Å². The molecule has 0 unspecified atom stereocenters. The minimum atomic E-state index is -0.634. The number of ether oxygens (including phenoxy) is 1. The average Bonchev–Trinajstić information content (AvgIpc) is 3.26. The summed E-state index contributed by atoms with van der Waals surface area (Å²) in [5.41, 5.74) is 0.634. The van der Waals surface area contributed by atoms with Crippen LogP contribution < -0.4 is 15.1 Å². The van der Waals surface area contributed by atoms with Gasteiger partial charge in [-0.15, -0.1) is 0 Å². The van der Waals surface area contributed by atoms with Crippen LogP contribution in [0.3, 0.4) is 0 Å². The largest absolute Gasteiger partial charge is 0.442 e. The van der Waals surface area contributed by atoms with Crippen LogP contribution in [0.4, 0.5) is 26.4 Å². The van der Waals surface area contributed by atoms with Crippen LogP contribution in [0.2, 0.25) is 0 Å². The van der Waals surface area contributed by atoms with Gasteiger partial charge in [0.15, 0.2) is 0 Å². The first kappa shape index (κ1) is 20.5. The second-order valence-electron chi connectivity index (χ2n) is 6.54. The van der Waals surface area contributed by atoms with E-state index in [4.69, 9.17) is 21.4 Å². The number of furan rings is 1. The molecule has 0 aliphatic carbocycles. The van der Waals surface area contributed by atoms with Crippen LogP contribution >= 0.6 is 12.2 Å². The van der Waals surface area contributed by atoms with E-state index in [-0.39, 0.29) is 30.8 Å². The highest BCUT2D eigenvalue weighted by Gasteiger charge is 2.32. The molecule has 1 aliphatic heterocycles. The number of hydrogen-bond acceptors (Lipinski definition) is 7. The summed E-state index contributed by atoms with van der Waals surface area (Å²) in [6.07, 6.45) is -0.942. The molecule has 0 radical (unpaired) electrons. The fraction of sp³-hybridized carbons (Fsp3) is 0.333. The van der Waals surface area contributed by atoms with E-state index in [1.54, 1.807) is 24.9 Å². The minimum absolute atomic E-state index is 0.139. The summed E-state index contributed by atoms with van der Waals surface area (Å²) < 4.78 is 25.0. The summed E-state index contributed by atoms with van der Waals surface area (Å²) >= 11 is 4.94. The zero-order valence-electron chi connectivity index (χ0n) is 15.8. The van der Waals surface area contributed by atoms with Gasteiger partial charge in [-0.3, -0.25) is 15.0 Å². The summed E-state index contributed by atoms with van der Waals surface area (Å²) in [5, 5.41) is 13.6. The number of carbonyl (C=O) groups is 1. The number of halogens is 1. The molecule has 9 nitrogen and oxygen atoms in total. The highest BCUT2D eigenvalue weighted by Crippen LogP contribution is 2.28. The Bertz CT molecular complexity index is 950. The maximum absolute atomic E-state index is 14.7. The van der Waals surface area contributed by atoms with Gasteiger partial charge in [-0.05, 0) is 31.2 Å². The number of nitro groups is 1. The number of carbonyl (C=O) groups excluding carboxylic acids is 1.